The van der Waals surface area contributed by atoms with E-state index >= 15 is 0 Å². The van der Waals surface area contributed by atoms with Crippen LogP contribution < -0.4 is 31.1 Å². The molecule has 0 bridgehead atoms. The lowest BCUT2D eigenvalue weighted by Gasteiger charge is -2.48. The lowest BCUT2D eigenvalue weighted by molar-refractivity contribution is 0.332. The molecule has 388 valence electrons. The summed E-state index contributed by atoms with van der Waals surface area (Å²) in [7, 11) is 0. The number of hydrogen-bond acceptors (Lipinski definition) is 4. The van der Waals surface area contributed by atoms with Gasteiger partial charge in [0.05, 0.1) is 10.4 Å². The molecular weight excluding hydrogens is 950 g/mol. The Balaban J connectivity index is 1.19. The lowest BCUT2D eigenvalue weighted by Crippen LogP contribution is -2.62. The number of nitrogens with zero attached hydrogens (tertiary/aromatic N) is 3. The van der Waals surface area contributed by atoms with Gasteiger partial charge >= 0.3 is 0 Å². The molecule has 5 heteroatoms. The van der Waals surface area contributed by atoms with Crippen molar-refractivity contribution < 1.29 is 0 Å². The summed E-state index contributed by atoms with van der Waals surface area (Å²) in [5, 5.41) is 2.70. The monoisotopic (exact) mass is 1030 g/mol. The molecule has 0 spiro atoms. The average molecular weight is 1030 g/mol. The Hall–Kier alpha value is -6.56. The van der Waals surface area contributed by atoms with Crippen LogP contribution >= 0.6 is 11.3 Å². The summed E-state index contributed by atoms with van der Waals surface area (Å²) >= 11 is 1.95. The van der Waals surface area contributed by atoms with Gasteiger partial charge in [0.25, 0.3) is 6.71 Å². The lowest BCUT2D eigenvalue weighted by atomic mass is 9.33. The van der Waals surface area contributed by atoms with Crippen molar-refractivity contribution in [3.05, 3.63) is 191 Å². The van der Waals surface area contributed by atoms with Gasteiger partial charge in [-0.3, -0.25) is 0 Å². The molecule has 0 fully saturated rings. The number of para-hydroxylation sites is 2. The molecule has 1 aromatic heterocycles. The predicted octanol–water partition coefficient (Wildman–Crippen LogP) is 18.9. The third kappa shape index (κ3) is 7.78. The maximum atomic E-state index is 2.73. The highest BCUT2D eigenvalue weighted by Crippen LogP contribution is 2.55. The summed E-state index contributed by atoms with van der Waals surface area (Å²) in [6, 6.07) is 61.5. The number of benzene rings is 8. The number of thiophene rings is 1. The summed E-state index contributed by atoms with van der Waals surface area (Å²) < 4.78 is 2.65. The molecule has 9 aromatic rings. The smallest absolute Gasteiger partial charge is 0.252 e. The van der Waals surface area contributed by atoms with Crippen LogP contribution in [-0.4, -0.2) is 6.71 Å². The van der Waals surface area contributed by atoms with Crippen molar-refractivity contribution in [1.82, 2.24) is 0 Å². The molecule has 3 heterocycles. The SMILES string of the molecule is CC(C)(C)c1cc2c3c(c1)N(c1ccc(C(C)(C)C)c4c1sc1ccccc14)c1cc(N(c4ccccc4)c4ccccc4)ccc1B3c1cc3c(cc1N2c1ccc2c(c1)C(C)(C)CCC2(C)C)C(C)(C)CCC3(C)C. The molecule has 0 saturated carbocycles. The summed E-state index contributed by atoms with van der Waals surface area (Å²) in [5.41, 5.74) is 23.8. The van der Waals surface area contributed by atoms with Gasteiger partial charge in [0, 0.05) is 61.0 Å². The zero-order valence-electron chi connectivity index (χ0n) is 48.2. The second-order valence-electron chi connectivity index (χ2n) is 27.9. The highest BCUT2D eigenvalue weighted by molar-refractivity contribution is 7.26. The van der Waals surface area contributed by atoms with Crippen LogP contribution in [0.5, 0.6) is 0 Å². The molecule has 3 nitrogen and oxygen atoms in total. The maximum Gasteiger partial charge on any atom is 0.252 e. The highest BCUT2D eigenvalue weighted by atomic mass is 32.1. The van der Waals surface area contributed by atoms with Crippen LogP contribution in [0.4, 0.5) is 51.2 Å². The van der Waals surface area contributed by atoms with E-state index in [4.69, 9.17) is 0 Å². The number of hydrogen-bond donors (Lipinski definition) is 0. The zero-order valence-corrected chi connectivity index (χ0v) is 49.0. The maximum absolute atomic E-state index is 2.73. The predicted molar refractivity (Wildman–Crippen MR) is 336 cm³/mol. The molecule has 0 saturated heterocycles. The summed E-state index contributed by atoms with van der Waals surface area (Å²) in [6.07, 6.45) is 4.67. The van der Waals surface area contributed by atoms with Gasteiger partial charge in [-0.15, -0.1) is 11.3 Å². The van der Waals surface area contributed by atoms with E-state index in [2.05, 4.69) is 269 Å². The van der Waals surface area contributed by atoms with Crippen LogP contribution in [0.2, 0.25) is 0 Å². The molecule has 0 atom stereocenters. The summed E-state index contributed by atoms with van der Waals surface area (Å²) in [4.78, 5) is 7.89. The standard InChI is InChI=1S/C72H76BN3S/c1-67(2,3)45-39-61-65-62(40-45)76(58-34-32-52(68(4,5)6)64-50-27-21-22-28-63(50)77-66(58)64)59-42-49(74(46-23-17-15-18-24-46)47-25-19-16-20-26-47)30-33-56(59)73(65)57-43-54-55(72(13,14)38-37-71(54,11)12)44-60(57)75(61)48-29-31-51-53(41-48)70(9,10)36-35-69(51,7)8/h15-34,39-44H,35-38H2,1-14H3. The van der Waals surface area contributed by atoms with Crippen LogP contribution in [0.1, 0.15) is 156 Å². The molecular formula is C72H76BN3S. The molecule has 77 heavy (non-hydrogen) atoms. The van der Waals surface area contributed by atoms with Gasteiger partial charge in [-0.1, -0.05) is 176 Å². The van der Waals surface area contributed by atoms with Gasteiger partial charge in [-0.05, 0) is 187 Å². The molecule has 4 aliphatic rings. The van der Waals surface area contributed by atoms with Crippen molar-refractivity contribution in [3.8, 4) is 0 Å². The van der Waals surface area contributed by atoms with Crippen LogP contribution in [0.3, 0.4) is 0 Å². The normalized spacial score (nSPS) is 17.6. The molecule has 0 unspecified atom stereocenters. The first kappa shape index (κ1) is 50.0. The number of rotatable bonds is 5. The largest absolute Gasteiger partial charge is 0.311 e. The topological polar surface area (TPSA) is 9.72 Å². The van der Waals surface area contributed by atoms with Gasteiger partial charge in [0.15, 0.2) is 0 Å². The first-order chi connectivity index (χ1) is 36.4. The van der Waals surface area contributed by atoms with Gasteiger partial charge in [0.2, 0.25) is 0 Å². The summed E-state index contributed by atoms with van der Waals surface area (Å²) in [5.74, 6) is 0. The minimum Gasteiger partial charge on any atom is -0.311 e. The van der Waals surface area contributed by atoms with Crippen molar-refractivity contribution in [3.63, 3.8) is 0 Å². The minimum atomic E-state index is -0.162. The van der Waals surface area contributed by atoms with E-state index in [-0.39, 0.29) is 39.2 Å². The van der Waals surface area contributed by atoms with E-state index in [9.17, 15) is 0 Å². The molecule has 13 rings (SSSR count). The first-order valence-electron chi connectivity index (χ1n) is 28.5. The fourth-order valence-electron chi connectivity index (χ4n) is 14.1. The fourth-order valence-corrected chi connectivity index (χ4v) is 15.3. The third-order valence-corrected chi connectivity index (χ3v) is 20.0. The number of anilines is 9. The quantitative estimate of drug-likeness (QED) is 0.159. The summed E-state index contributed by atoms with van der Waals surface area (Å²) in [6.45, 7) is 34.2. The van der Waals surface area contributed by atoms with Gasteiger partial charge in [-0.25, -0.2) is 0 Å². The van der Waals surface area contributed by atoms with E-state index < -0.39 is 0 Å². The van der Waals surface area contributed by atoms with Crippen molar-refractivity contribution >= 4 is 106 Å². The molecule has 8 aromatic carbocycles. The van der Waals surface area contributed by atoms with E-state index in [1.54, 1.807) is 0 Å². The molecule has 0 radical (unpaired) electrons. The molecule has 0 amide bonds. The second kappa shape index (κ2) is 17.0. The Kier molecular flexibility index (Phi) is 11.0. The Morgan fingerprint density at radius 1 is 0.442 bits per heavy atom. The van der Waals surface area contributed by atoms with Crippen molar-refractivity contribution in [2.75, 3.05) is 14.7 Å². The average Bonchev–Trinajstić information content (AvgIpc) is 3.92. The van der Waals surface area contributed by atoms with E-state index in [0.29, 0.717) is 0 Å². The van der Waals surface area contributed by atoms with Crippen LogP contribution in [-0.2, 0) is 32.5 Å². The van der Waals surface area contributed by atoms with Crippen LogP contribution in [0.25, 0.3) is 20.2 Å². The van der Waals surface area contributed by atoms with E-state index in [1.807, 2.05) is 11.3 Å². The molecule has 2 aliphatic carbocycles. The van der Waals surface area contributed by atoms with Crippen molar-refractivity contribution in [2.45, 2.75) is 155 Å². The van der Waals surface area contributed by atoms with Gasteiger partial charge in [0.1, 0.15) is 0 Å². The van der Waals surface area contributed by atoms with Crippen LogP contribution in [0, 0.1) is 0 Å². The third-order valence-electron chi connectivity index (χ3n) is 18.8. The number of fused-ring (bicyclic) bond motifs is 9. The highest BCUT2D eigenvalue weighted by Gasteiger charge is 2.48. The van der Waals surface area contributed by atoms with E-state index in [1.165, 1.54) is 117 Å². The Labute approximate surface area is 464 Å². The van der Waals surface area contributed by atoms with Crippen molar-refractivity contribution in [2.24, 2.45) is 0 Å². The minimum absolute atomic E-state index is 0.0200. The second-order valence-corrected chi connectivity index (χ2v) is 29.0. The fraction of sp³-hybridized carbons (Fsp3) is 0.333. The Bertz CT molecular complexity index is 3820. The molecule has 2 aliphatic heterocycles. The Morgan fingerprint density at radius 3 is 1.60 bits per heavy atom. The van der Waals surface area contributed by atoms with E-state index in [0.717, 1.165) is 29.9 Å². The zero-order chi connectivity index (χ0) is 53.9. The molecule has 0 N–H and O–H groups in total. The Morgan fingerprint density at radius 2 is 0.987 bits per heavy atom. The van der Waals surface area contributed by atoms with Crippen LogP contribution in [0.15, 0.2) is 158 Å². The first-order valence-corrected chi connectivity index (χ1v) is 29.4. The van der Waals surface area contributed by atoms with Crippen molar-refractivity contribution in [1.29, 1.82) is 0 Å². The van der Waals surface area contributed by atoms with Gasteiger partial charge < -0.3 is 14.7 Å². The van der Waals surface area contributed by atoms with Gasteiger partial charge in [-0.2, -0.15) is 0 Å².